The van der Waals surface area contributed by atoms with Crippen LogP contribution in [0.1, 0.15) is 24.8 Å². The first-order valence-corrected chi connectivity index (χ1v) is 7.53. The maximum Gasteiger partial charge on any atom is 0.488 e. The van der Waals surface area contributed by atoms with Crippen molar-refractivity contribution in [3.8, 4) is 0 Å². The summed E-state index contributed by atoms with van der Waals surface area (Å²) in [4.78, 5) is 5.09. The van der Waals surface area contributed by atoms with Gasteiger partial charge in [0.15, 0.2) is 0 Å². The minimum Gasteiger partial charge on any atom is -0.423 e. The lowest BCUT2D eigenvalue weighted by molar-refractivity contribution is 0.214. The molecular formula is C15H23BN2O2. The third-order valence-corrected chi connectivity index (χ3v) is 4.92. The summed E-state index contributed by atoms with van der Waals surface area (Å²) >= 11 is 0. The normalized spacial score (nSPS) is 27.6. The Hall–Kier alpha value is -0.875. The molecule has 2 bridgehead atoms. The lowest BCUT2D eigenvalue weighted by Gasteiger charge is -2.25. The molecule has 4 nitrogen and oxygen atoms in total. The topological polar surface area (TPSA) is 46.9 Å². The van der Waals surface area contributed by atoms with Gasteiger partial charge in [0, 0.05) is 31.7 Å². The summed E-state index contributed by atoms with van der Waals surface area (Å²) in [5, 5.41) is 18.2. The maximum absolute atomic E-state index is 9.11. The summed E-state index contributed by atoms with van der Waals surface area (Å²) in [6, 6.07) is 9.09. The van der Waals surface area contributed by atoms with Crippen LogP contribution in [0.4, 0.5) is 0 Å². The van der Waals surface area contributed by atoms with Crippen molar-refractivity contribution in [2.45, 2.75) is 37.9 Å². The summed E-state index contributed by atoms with van der Waals surface area (Å²) in [7, 11) is 0.898. The first kappa shape index (κ1) is 14.1. The predicted molar refractivity (Wildman–Crippen MR) is 80.7 cm³/mol. The summed E-state index contributed by atoms with van der Waals surface area (Å²) in [6.45, 7) is 3.27. The van der Waals surface area contributed by atoms with Gasteiger partial charge in [-0.2, -0.15) is 0 Å². The van der Waals surface area contributed by atoms with Crippen molar-refractivity contribution in [3.05, 3.63) is 29.8 Å². The Kier molecular flexibility index (Phi) is 4.12. The van der Waals surface area contributed by atoms with E-state index < -0.39 is 7.12 Å². The zero-order chi connectivity index (χ0) is 14.1. The molecule has 1 aromatic rings. The molecule has 0 amide bonds. The first-order valence-electron chi connectivity index (χ1n) is 7.53. The van der Waals surface area contributed by atoms with Gasteiger partial charge in [-0.05, 0) is 37.3 Å². The van der Waals surface area contributed by atoms with Crippen LogP contribution >= 0.6 is 0 Å². The summed E-state index contributed by atoms with van der Waals surface area (Å²) in [6.07, 6.45) is 3.95. The van der Waals surface area contributed by atoms with E-state index in [2.05, 4.69) is 16.8 Å². The second-order valence-electron chi connectivity index (χ2n) is 6.19. The fourth-order valence-corrected chi connectivity index (χ4v) is 3.58. The third kappa shape index (κ3) is 2.91. The van der Waals surface area contributed by atoms with E-state index in [1.54, 1.807) is 12.1 Å². The van der Waals surface area contributed by atoms with E-state index >= 15 is 0 Å². The van der Waals surface area contributed by atoms with Crippen molar-refractivity contribution in [2.24, 2.45) is 0 Å². The number of hydrogen-bond donors (Lipinski definition) is 2. The maximum atomic E-state index is 9.11. The number of likely N-dealkylation sites (tertiary alicyclic amines) is 1. The van der Waals surface area contributed by atoms with Gasteiger partial charge in [0.1, 0.15) is 0 Å². The van der Waals surface area contributed by atoms with Gasteiger partial charge in [-0.15, -0.1) is 0 Å². The number of fused-ring (bicyclic) bond motifs is 2. The van der Waals surface area contributed by atoms with Crippen molar-refractivity contribution in [2.75, 3.05) is 20.1 Å². The molecule has 2 fully saturated rings. The van der Waals surface area contributed by atoms with Crippen LogP contribution in [0.25, 0.3) is 0 Å². The summed E-state index contributed by atoms with van der Waals surface area (Å²) in [5.41, 5.74) is 1.80. The molecule has 20 heavy (non-hydrogen) atoms. The molecule has 5 heteroatoms. The molecule has 108 valence electrons. The smallest absolute Gasteiger partial charge is 0.423 e. The van der Waals surface area contributed by atoms with E-state index in [0.717, 1.165) is 25.7 Å². The second kappa shape index (κ2) is 5.86. The SMILES string of the molecule is CN1C2CCC1CN(Cc1ccc(B(O)O)cc1)CC2. The Balaban J connectivity index is 1.63. The molecule has 0 spiro atoms. The van der Waals surface area contributed by atoms with Gasteiger partial charge in [0.2, 0.25) is 0 Å². The average molecular weight is 274 g/mol. The highest BCUT2D eigenvalue weighted by Crippen LogP contribution is 2.28. The molecule has 3 rings (SSSR count). The summed E-state index contributed by atoms with van der Waals surface area (Å²) < 4.78 is 0. The van der Waals surface area contributed by atoms with Crippen LogP contribution in [0, 0.1) is 0 Å². The second-order valence-corrected chi connectivity index (χ2v) is 6.19. The first-order chi connectivity index (χ1) is 9.63. The number of nitrogens with zero attached hydrogens (tertiary/aromatic N) is 2. The quantitative estimate of drug-likeness (QED) is 0.764. The van der Waals surface area contributed by atoms with Crippen molar-refractivity contribution < 1.29 is 10.0 Å². The Morgan fingerprint density at radius 2 is 1.80 bits per heavy atom. The molecule has 2 aliphatic heterocycles. The van der Waals surface area contributed by atoms with Crippen LogP contribution in [0.2, 0.25) is 0 Å². The minimum absolute atomic E-state index is 0.559. The fourth-order valence-electron chi connectivity index (χ4n) is 3.58. The predicted octanol–water partition coefficient (Wildman–Crippen LogP) is 0.0349. The van der Waals surface area contributed by atoms with Crippen LogP contribution in [0.5, 0.6) is 0 Å². The molecule has 2 heterocycles. The lowest BCUT2D eigenvalue weighted by Crippen LogP contribution is -2.36. The van der Waals surface area contributed by atoms with Gasteiger partial charge in [0.25, 0.3) is 0 Å². The van der Waals surface area contributed by atoms with Crippen molar-refractivity contribution in [1.82, 2.24) is 9.80 Å². The molecule has 2 N–H and O–H groups in total. The summed E-state index contributed by atoms with van der Waals surface area (Å²) in [5.74, 6) is 0. The van der Waals surface area contributed by atoms with Crippen molar-refractivity contribution in [3.63, 3.8) is 0 Å². The molecule has 0 saturated carbocycles. The largest absolute Gasteiger partial charge is 0.488 e. The van der Waals surface area contributed by atoms with Gasteiger partial charge < -0.3 is 10.0 Å². The molecule has 2 unspecified atom stereocenters. The Labute approximate surface area is 121 Å². The number of benzene rings is 1. The average Bonchev–Trinajstić information content (AvgIpc) is 2.68. The molecule has 2 saturated heterocycles. The highest BCUT2D eigenvalue weighted by Gasteiger charge is 2.34. The number of hydrogen-bond acceptors (Lipinski definition) is 4. The Morgan fingerprint density at radius 3 is 2.50 bits per heavy atom. The van der Waals surface area contributed by atoms with Gasteiger partial charge in [-0.1, -0.05) is 24.3 Å². The Bertz CT molecular complexity index is 452. The highest BCUT2D eigenvalue weighted by molar-refractivity contribution is 6.58. The zero-order valence-corrected chi connectivity index (χ0v) is 12.1. The molecule has 2 aliphatic rings. The van der Waals surface area contributed by atoms with Crippen molar-refractivity contribution in [1.29, 1.82) is 0 Å². The molecule has 0 aromatic heterocycles. The monoisotopic (exact) mass is 274 g/mol. The van der Waals surface area contributed by atoms with Crippen LogP contribution in [0.15, 0.2) is 24.3 Å². The van der Waals surface area contributed by atoms with E-state index in [1.807, 2.05) is 12.1 Å². The van der Waals surface area contributed by atoms with Gasteiger partial charge >= 0.3 is 7.12 Å². The molecule has 2 atom stereocenters. The van der Waals surface area contributed by atoms with E-state index in [-0.39, 0.29) is 0 Å². The van der Waals surface area contributed by atoms with Crippen LogP contribution < -0.4 is 5.46 Å². The van der Waals surface area contributed by atoms with Crippen molar-refractivity contribution >= 4 is 12.6 Å². The zero-order valence-electron chi connectivity index (χ0n) is 12.1. The van der Waals surface area contributed by atoms with Gasteiger partial charge in [-0.3, -0.25) is 9.80 Å². The van der Waals surface area contributed by atoms with E-state index in [4.69, 9.17) is 10.0 Å². The van der Waals surface area contributed by atoms with E-state index in [1.165, 1.54) is 24.8 Å². The number of likely N-dealkylation sites (N-methyl/N-ethyl adjacent to an activating group) is 1. The van der Waals surface area contributed by atoms with E-state index in [0.29, 0.717) is 11.5 Å². The van der Waals surface area contributed by atoms with Gasteiger partial charge in [-0.25, -0.2) is 0 Å². The van der Waals surface area contributed by atoms with E-state index in [9.17, 15) is 0 Å². The molecular weight excluding hydrogens is 251 g/mol. The molecule has 0 radical (unpaired) electrons. The lowest BCUT2D eigenvalue weighted by atomic mass is 9.80. The van der Waals surface area contributed by atoms with Gasteiger partial charge in [0.05, 0.1) is 0 Å². The fraction of sp³-hybridized carbons (Fsp3) is 0.600. The van der Waals surface area contributed by atoms with Crippen LogP contribution in [-0.2, 0) is 6.54 Å². The number of rotatable bonds is 3. The third-order valence-electron chi connectivity index (χ3n) is 4.92. The molecule has 1 aromatic carbocycles. The highest BCUT2D eigenvalue weighted by atomic mass is 16.4. The standard InChI is InChI=1S/C15H23BN2O2/c1-17-14-6-7-15(17)11-18(9-8-14)10-12-2-4-13(5-3-12)16(19)20/h2-5,14-15,19-20H,6-11H2,1H3. The van der Waals surface area contributed by atoms with Crippen LogP contribution in [-0.4, -0.2) is 59.2 Å². The van der Waals surface area contributed by atoms with Crippen LogP contribution in [0.3, 0.4) is 0 Å². The molecule has 0 aliphatic carbocycles. The minimum atomic E-state index is -1.37. The Morgan fingerprint density at radius 1 is 1.10 bits per heavy atom.